The predicted octanol–water partition coefficient (Wildman–Crippen LogP) is 3.06. The van der Waals surface area contributed by atoms with Crippen LogP contribution in [-0.2, 0) is 9.59 Å². The van der Waals surface area contributed by atoms with Crippen molar-refractivity contribution in [3.8, 4) is 0 Å². The van der Waals surface area contributed by atoms with Crippen LogP contribution in [0.2, 0.25) is 0 Å². The summed E-state index contributed by atoms with van der Waals surface area (Å²) in [5.74, 6) is 1.52. The highest BCUT2D eigenvalue weighted by molar-refractivity contribution is 5.89. The summed E-state index contributed by atoms with van der Waals surface area (Å²) in [5.41, 5.74) is 0. The van der Waals surface area contributed by atoms with Crippen LogP contribution in [0, 0.1) is 17.8 Å². The first kappa shape index (κ1) is 16.8. The van der Waals surface area contributed by atoms with Crippen molar-refractivity contribution in [2.24, 2.45) is 17.8 Å². The maximum absolute atomic E-state index is 13.0. The second-order valence-electron chi connectivity index (χ2n) is 8.23. The van der Waals surface area contributed by atoms with E-state index >= 15 is 0 Å². The summed E-state index contributed by atoms with van der Waals surface area (Å²) in [6, 6.07) is 0.456. The number of amides is 2. The molecule has 1 aliphatic carbocycles. The fraction of sp³-hybridized carbons (Fsp3) is 0.895. The van der Waals surface area contributed by atoms with Gasteiger partial charge in [-0.05, 0) is 37.5 Å². The maximum atomic E-state index is 13.0. The molecule has 3 fully saturated rings. The molecule has 0 N–H and O–H groups in total. The van der Waals surface area contributed by atoms with Crippen LogP contribution < -0.4 is 0 Å². The number of rotatable bonds is 4. The molecule has 2 aliphatic heterocycles. The van der Waals surface area contributed by atoms with E-state index in [0.29, 0.717) is 30.8 Å². The van der Waals surface area contributed by atoms with E-state index < -0.39 is 0 Å². The molecule has 130 valence electrons. The van der Waals surface area contributed by atoms with E-state index in [1.165, 1.54) is 38.5 Å². The number of hydrogen-bond donors (Lipinski definition) is 0. The van der Waals surface area contributed by atoms with Gasteiger partial charge in [-0.3, -0.25) is 9.59 Å². The first-order valence-corrected chi connectivity index (χ1v) is 9.64. The summed E-state index contributed by atoms with van der Waals surface area (Å²) in [6.45, 7) is 6.59. The molecule has 2 atom stereocenters. The molecule has 0 aromatic heterocycles. The van der Waals surface area contributed by atoms with Crippen LogP contribution >= 0.6 is 0 Å². The van der Waals surface area contributed by atoms with Gasteiger partial charge in [0.1, 0.15) is 0 Å². The second kappa shape index (κ2) is 7.23. The number of nitrogens with zero attached hydrogens (tertiary/aromatic N) is 2. The Morgan fingerprint density at radius 1 is 1.13 bits per heavy atom. The van der Waals surface area contributed by atoms with Gasteiger partial charge in [-0.1, -0.05) is 33.1 Å². The highest BCUT2D eigenvalue weighted by Gasteiger charge is 2.41. The van der Waals surface area contributed by atoms with Gasteiger partial charge in [0, 0.05) is 32.1 Å². The Morgan fingerprint density at radius 2 is 1.87 bits per heavy atom. The molecule has 0 spiro atoms. The lowest BCUT2D eigenvalue weighted by molar-refractivity contribution is -0.137. The van der Waals surface area contributed by atoms with Gasteiger partial charge < -0.3 is 9.80 Å². The van der Waals surface area contributed by atoms with Crippen molar-refractivity contribution in [3.63, 3.8) is 0 Å². The molecular weight excluding hydrogens is 288 g/mol. The van der Waals surface area contributed by atoms with E-state index in [1.54, 1.807) is 0 Å². The number of carbonyl (C=O) groups is 2. The highest BCUT2D eigenvalue weighted by Crippen LogP contribution is 2.35. The molecule has 4 nitrogen and oxygen atoms in total. The SMILES string of the molecule is CC(C)CN1C[C@@H](C(=O)N2CCC[C@H]2C2CCCCC2)CC1=O. The van der Waals surface area contributed by atoms with Crippen molar-refractivity contribution in [2.75, 3.05) is 19.6 Å². The third kappa shape index (κ3) is 3.72. The van der Waals surface area contributed by atoms with E-state index in [9.17, 15) is 9.59 Å². The van der Waals surface area contributed by atoms with Gasteiger partial charge in [0.25, 0.3) is 0 Å². The normalized spacial score (nSPS) is 29.8. The minimum Gasteiger partial charge on any atom is -0.342 e. The zero-order chi connectivity index (χ0) is 16.4. The number of likely N-dealkylation sites (tertiary alicyclic amines) is 2. The van der Waals surface area contributed by atoms with Crippen LogP contribution in [0.5, 0.6) is 0 Å². The van der Waals surface area contributed by atoms with Crippen molar-refractivity contribution >= 4 is 11.8 Å². The van der Waals surface area contributed by atoms with Crippen LogP contribution in [0.15, 0.2) is 0 Å². The fourth-order valence-corrected chi connectivity index (χ4v) is 4.86. The van der Waals surface area contributed by atoms with Gasteiger partial charge in [-0.25, -0.2) is 0 Å². The van der Waals surface area contributed by atoms with Crippen molar-refractivity contribution in [2.45, 2.75) is 71.3 Å². The zero-order valence-electron chi connectivity index (χ0n) is 14.8. The van der Waals surface area contributed by atoms with E-state index in [4.69, 9.17) is 0 Å². The first-order valence-electron chi connectivity index (χ1n) is 9.64. The molecule has 0 unspecified atom stereocenters. The third-order valence-electron chi connectivity index (χ3n) is 5.93. The molecule has 3 aliphatic rings. The van der Waals surface area contributed by atoms with E-state index in [-0.39, 0.29) is 17.7 Å². The van der Waals surface area contributed by atoms with Crippen LogP contribution in [-0.4, -0.2) is 47.3 Å². The van der Waals surface area contributed by atoms with Crippen LogP contribution in [0.1, 0.15) is 65.2 Å². The van der Waals surface area contributed by atoms with Crippen molar-refractivity contribution < 1.29 is 9.59 Å². The average molecular weight is 320 g/mol. The summed E-state index contributed by atoms with van der Waals surface area (Å²) >= 11 is 0. The predicted molar refractivity (Wildman–Crippen MR) is 90.8 cm³/mol. The van der Waals surface area contributed by atoms with Gasteiger partial charge in [0.05, 0.1) is 5.92 Å². The number of carbonyl (C=O) groups excluding carboxylic acids is 2. The van der Waals surface area contributed by atoms with Gasteiger partial charge in [-0.2, -0.15) is 0 Å². The third-order valence-corrected chi connectivity index (χ3v) is 5.93. The molecule has 2 amide bonds. The largest absolute Gasteiger partial charge is 0.342 e. The first-order chi connectivity index (χ1) is 11.1. The lowest BCUT2D eigenvalue weighted by Crippen LogP contribution is -2.44. The highest BCUT2D eigenvalue weighted by atomic mass is 16.2. The molecule has 0 aromatic carbocycles. The second-order valence-corrected chi connectivity index (χ2v) is 8.23. The van der Waals surface area contributed by atoms with Gasteiger partial charge in [0.15, 0.2) is 0 Å². The lowest BCUT2D eigenvalue weighted by atomic mass is 9.82. The number of hydrogen-bond acceptors (Lipinski definition) is 2. The quantitative estimate of drug-likeness (QED) is 0.799. The molecule has 3 rings (SSSR count). The molecule has 0 aromatic rings. The topological polar surface area (TPSA) is 40.6 Å². The fourth-order valence-electron chi connectivity index (χ4n) is 4.86. The monoisotopic (exact) mass is 320 g/mol. The summed E-state index contributed by atoms with van der Waals surface area (Å²) in [6.07, 6.45) is 9.34. The molecule has 2 heterocycles. The van der Waals surface area contributed by atoms with Gasteiger partial charge in [0.2, 0.25) is 11.8 Å². The Labute approximate surface area is 140 Å². The van der Waals surface area contributed by atoms with E-state index in [1.807, 2.05) is 4.90 Å². The molecule has 2 saturated heterocycles. The Hall–Kier alpha value is -1.06. The Morgan fingerprint density at radius 3 is 2.57 bits per heavy atom. The summed E-state index contributed by atoms with van der Waals surface area (Å²) < 4.78 is 0. The van der Waals surface area contributed by atoms with E-state index in [2.05, 4.69) is 18.7 Å². The molecule has 4 heteroatoms. The smallest absolute Gasteiger partial charge is 0.228 e. The molecule has 0 radical (unpaired) electrons. The van der Waals surface area contributed by atoms with E-state index in [0.717, 1.165) is 19.5 Å². The van der Waals surface area contributed by atoms with Crippen LogP contribution in [0.3, 0.4) is 0 Å². The Kier molecular flexibility index (Phi) is 5.27. The average Bonchev–Trinajstić information content (AvgIpc) is 3.15. The van der Waals surface area contributed by atoms with Crippen molar-refractivity contribution in [1.29, 1.82) is 0 Å². The van der Waals surface area contributed by atoms with Crippen LogP contribution in [0.4, 0.5) is 0 Å². The molecule has 1 saturated carbocycles. The zero-order valence-corrected chi connectivity index (χ0v) is 14.8. The molecule has 23 heavy (non-hydrogen) atoms. The van der Waals surface area contributed by atoms with Crippen molar-refractivity contribution in [1.82, 2.24) is 9.80 Å². The van der Waals surface area contributed by atoms with Gasteiger partial charge >= 0.3 is 0 Å². The summed E-state index contributed by atoms with van der Waals surface area (Å²) in [7, 11) is 0. The molecular formula is C19H32N2O2. The minimum atomic E-state index is -0.0922. The Balaban J connectivity index is 1.61. The van der Waals surface area contributed by atoms with Gasteiger partial charge in [-0.15, -0.1) is 0 Å². The summed E-state index contributed by atoms with van der Waals surface area (Å²) in [4.78, 5) is 29.3. The van der Waals surface area contributed by atoms with Crippen LogP contribution in [0.25, 0.3) is 0 Å². The van der Waals surface area contributed by atoms with Crippen molar-refractivity contribution in [3.05, 3.63) is 0 Å². The molecule has 0 bridgehead atoms. The maximum Gasteiger partial charge on any atom is 0.228 e. The Bertz CT molecular complexity index is 443. The summed E-state index contributed by atoms with van der Waals surface area (Å²) in [5, 5.41) is 0. The lowest BCUT2D eigenvalue weighted by Gasteiger charge is -2.35. The minimum absolute atomic E-state index is 0.0922. The standard InChI is InChI=1S/C19H32N2O2/c1-14(2)12-20-13-16(11-18(20)22)19(23)21-10-6-9-17(21)15-7-4-3-5-8-15/h14-17H,3-13H2,1-2H3/t16-,17-/m0/s1.